The largest absolute Gasteiger partial charge is 0.457 e. The van der Waals surface area contributed by atoms with Crippen molar-refractivity contribution in [2.75, 3.05) is 6.61 Å². The molecule has 0 aromatic carbocycles. The molecule has 1 fully saturated rings. The molecule has 9 nitrogen and oxygen atoms in total. The maximum absolute atomic E-state index is 12.6. The van der Waals surface area contributed by atoms with Crippen LogP contribution >= 0.6 is 0 Å². The monoisotopic (exact) mass is 442 g/mol. The molecule has 0 amide bonds. The SMILES string of the molecule is C/C=C(/C)[C@H]1C/C=C(\C)[C@@H](O[C@H]2O[C@H](CO)[C@@H](O)[C@@H]2O)[C@H](O)C(=O)CC[C@H](C)C(=O)O1. The molecule has 2 aliphatic rings. The zero-order valence-corrected chi connectivity index (χ0v) is 18.4. The van der Waals surface area contributed by atoms with Crippen LogP contribution in [0.2, 0.25) is 0 Å². The van der Waals surface area contributed by atoms with Crippen LogP contribution < -0.4 is 0 Å². The maximum Gasteiger partial charge on any atom is 0.309 e. The van der Waals surface area contributed by atoms with Gasteiger partial charge in [-0.3, -0.25) is 9.59 Å². The minimum absolute atomic E-state index is 0.0617. The highest BCUT2D eigenvalue weighted by Gasteiger charge is 2.45. The normalized spacial score (nSPS) is 40.5. The van der Waals surface area contributed by atoms with Gasteiger partial charge in [0, 0.05) is 12.8 Å². The van der Waals surface area contributed by atoms with Gasteiger partial charge in [-0.05, 0) is 38.3 Å². The number of aliphatic hydroxyl groups excluding tert-OH is 4. The first-order valence-corrected chi connectivity index (χ1v) is 10.6. The summed E-state index contributed by atoms with van der Waals surface area (Å²) in [5, 5.41) is 40.1. The minimum atomic E-state index is -1.55. The van der Waals surface area contributed by atoms with Crippen LogP contribution in [0.5, 0.6) is 0 Å². The van der Waals surface area contributed by atoms with Crippen molar-refractivity contribution in [2.24, 2.45) is 5.92 Å². The zero-order valence-electron chi connectivity index (χ0n) is 18.4. The fourth-order valence-electron chi connectivity index (χ4n) is 3.52. The van der Waals surface area contributed by atoms with Crippen molar-refractivity contribution in [3.8, 4) is 0 Å². The number of carbonyl (C=O) groups is 2. The van der Waals surface area contributed by atoms with E-state index in [1.165, 1.54) is 0 Å². The molecule has 31 heavy (non-hydrogen) atoms. The topological polar surface area (TPSA) is 143 Å². The average molecular weight is 443 g/mol. The van der Waals surface area contributed by atoms with Crippen LogP contribution in [-0.2, 0) is 23.8 Å². The second-order valence-electron chi connectivity index (χ2n) is 8.26. The molecule has 0 aliphatic carbocycles. The van der Waals surface area contributed by atoms with Gasteiger partial charge in [0.2, 0.25) is 0 Å². The Hall–Kier alpha value is -1.62. The van der Waals surface area contributed by atoms with Gasteiger partial charge < -0.3 is 34.6 Å². The molecule has 0 saturated carbocycles. The van der Waals surface area contributed by atoms with Crippen LogP contribution in [0.15, 0.2) is 23.3 Å². The van der Waals surface area contributed by atoms with Gasteiger partial charge in [0.15, 0.2) is 12.1 Å². The summed E-state index contributed by atoms with van der Waals surface area (Å²) < 4.78 is 16.7. The summed E-state index contributed by atoms with van der Waals surface area (Å²) in [5.74, 6) is -1.45. The summed E-state index contributed by atoms with van der Waals surface area (Å²) >= 11 is 0. The molecule has 8 atom stereocenters. The molecule has 0 aromatic heterocycles. The van der Waals surface area contributed by atoms with E-state index in [2.05, 4.69) is 0 Å². The van der Waals surface area contributed by atoms with Crippen LogP contribution in [0.25, 0.3) is 0 Å². The van der Waals surface area contributed by atoms with Crippen molar-refractivity contribution in [3.63, 3.8) is 0 Å². The number of ether oxygens (including phenoxy) is 3. The second-order valence-corrected chi connectivity index (χ2v) is 8.26. The number of cyclic esters (lactones) is 1. The van der Waals surface area contributed by atoms with Crippen molar-refractivity contribution in [3.05, 3.63) is 23.3 Å². The number of aliphatic hydroxyl groups is 4. The van der Waals surface area contributed by atoms with Gasteiger partial charge in [-0.2, -0.15) is 0 Å². The van der Waals surface area contributed by atoms with Crippen molar-refractivity contribution in [1.82, 2.24) is 0 Å². The highest BCUT2D eigenvalue weighted by atomic mass is 16.7. The molecule has 2 rings (SSSR count). The first-order chi connectivity index (χ1) is 14.6. The summed E-state index contributed by atoms with van der Waals surface area (Å²) in [6.45, 7) is 6.50. The van der Waals surface area contributed by atoms with E-state index in [0.29, 0.717) is 12.0 Å². The Labute approximate surface area is 182 Å². The van der Waals surface area contributed by atoms with Crippen LogP contribution in [0, 0.1) is 5.92 Å². The highest BCUT2D eigenvalue weighted by Crippen LogP contribution is 2.28. The van der Waals surface area contributed by atoms with Gasteiger partial charge in [-0.15, -0.1) is 0 Å². The lowest BCUT2D eigenvalue weighted by molar-refractivity contribution is -0.202. The molecule has 176 valence electrons. The Morgan fingerprint density at radius 1 is 1.26 bits per heavy atom. The molecule has 4 N–H and O–H groups in total. The van der Waals surface area contributed by atoms with Gasteiger partial charge in [0.05, 0.1) is 12.5 Å². The molecular weight excluding hydrogens is 408 g/mol. The van der Waals surface area contributed by atoms with E-state index in [1.54, 1.807) is 19.9 Å². The Morgan fingerprint density at radius 3 is 2.52 bits per heavy atom. The Kier molecular flexibility index (Phi) is 9.35. The van der Waals surface area contributed by atoms with Gasteiger partial charge in [0.1, 0.15) is 36.6 Å². The molecule has 0 unspecified atom stereocenters. The van der Waals surface area contributed by atoms with Crippen LogP contribution in [0.4, 0.5) is 0 Å². The molecule has 0 bridgehead atoms. The number of rotatable bonds is 4. The molecule has 2 aliphatic heterocycles. The van der Waals surface area contributed by atoms with E-state index in [-0.39, 0.29) is 12.8 Å². The molecule has 0 spiro atoms. The van der Waals surface area contributed by atoms with Gasteiger partial charge in [0.25, 0.3) is 0 Å². The smallest absolute Gasteiger partial charge is 0.309 e. The number of carbonyl (C=O) groups excluding carboxylic acids is 2. The van der Waals surface area contributed by atoms with E-state index in [4.69, 9.17) is 14.2 Å². The number of hydrogen-bond donors (Lipinski definition) is 4. The van der Waals surface area contributed by atoms with Crippen LogP contribution in [-0.4, -0.2) is 81.7 Å². The average Bonchev–Trinajstić information content (AvgIpc) is 3.03. The fourth-order valence-corrected chi connectivity index (χ4v) is 3.52. The number of ketones is 1. The first kappa shape index (κ1) is 25.6. The van der Waals surface area contributed by atoms with Gasteiger partial charge >= 0.3 is 5.97 Å². The van der Waals surface area contributed by atoms with E-state index in [1.807, 2.05) is 19.9 Å². The van der Waals surface area contributed by atoms with Crippen molar-refractivity contribution in [2.45, 2.75) is 89.9 Å². The van der Waals surface area contributed by atoms with Gasteiger partial charge in [-0.25, -0.2) is 0 Å². The third-order valence-electron chi connectivity index (χ3n) is 5.95. The quantitative estimate of drug-likeness (QED) is 0.359. The van der Waals surface area contributed by atoms with Crippen molar-refractivity contribution < 1.29 is 44.2 Å². The number of allylic oxidation sites excluding steroid dienone is 1. The second kappa shape index (κ2) is 11.3. The summed E-state index contributed by atoms with van der Waals surface area (Å²) in [5.41, 5.74) is 1.34. The summed E-state index contributed by atoms with van der Waals surface area (Å²) in [6, 6.07) is 0. The Balaban J connectivity index is 2.32. The predicted molar refractivity (Wildman–Crippen MR) is 110 cm³/mol. The summed E-state index contributed by atoms with van der Waals surface area (Å²) in [6.07, 6.45) is -4.38. The van der Waals surface area contributed by atoms with E-state index < -0.39 is 67.2 Å². The lowest BCUT2D eigenvalue weighted by Crippen LogP contribution is -2.43. The minimum Gasteiger partial charge on any atom is -0.457 e. The third-order valence-corrected chi connectivity index (χ3v) is 5.95. The molecule has 9 heteroatoms. The van der Waals surface area contributed by atoms with Crippen LogP contribution in [0.1, 0.15) is 47.0 Å². The van der Waals surface area contributed by atoms with E-state index in [0.717, 1.165) is 5.57 Å². The number of esters is 1. The van der Waals surface area contributed by atoms with Crippen molar-refractivity contribution >= 4 is 11.8 Å². The Bertz CT molecular complexity index is 701. The zero-order chi connectivity index (χ0) is 23.3. The standard InChI is InChI=1S/C22H34O9/c1-5-11(2)15-9-7-12(3)20(31-22-19(27)18(26)16(10-23)30-22)17(25)14(24)8-6-13(4)21(28)29-15/h5,7,13,15-20,22-23,25-27H,6,8-10H2,1-4H3/b11-5-,12-7+/t13-,15+,16+,17+,18+,19-,20+,22+/m0/s1. The highest BCUT2D eigenvalue weighted by molar-refractivity contribution is 5.84. The van der Waals surface area contributed by atoms with E-state index in [9.17, 15) is 30.0 Å². The predicted octanol–water partition coefficient (Wildman–Crippen LogP) is 0.385. The van der Waals surface area contributed by atoms with Crippen molar-refractivity contribution in [1.29, 1.82) is 0 Å². The molecule has 2 heterocycles. The summed E-state index contributed by atoms with van der Waals surface area (Å²) in [4.78, 5) is 25.0. The fraction of sp³-hybridized carbons (Fsp3) is 0.727. The Morgan fingerprint density at radius 2 is 1.94 bits per heavy atom. The third kappa shape index (κ3) is 6.21. The summed E-state index contributed by atoms with van der Waals surface area (Å²) in [7, 11) is 0. The van der Waals surface area contributed by atoms with Crippen LogP contribution in [0.3, 0.4) is 0 Å². The molecule has 0 radical (unpaired) electrons. The lowest BCUT2D eigenvalue weighted by Gasteiger charge is -2.29. The van der Waals surface area contributed by atoms with E-state index >= 15 is 0 Å². The first-order valence-electron chi connectivity index (χ1n) is 10.6. The molecule has 0 aromatic rings. The lowest BCUT2D eigenvalue weighted by atomic mass is 9.94. The maximum atomic E-state index is 12.6. The molecular formula is C22H34O9. The van der Waals surface area contributed by atoms with Gasteiger partial charge in [-0.1, -0.05) is 19.1 Å². The number of hydrogen-bond acceptors (Lipinski definition) is 9. The molecule has 1 saturated heterocycles. The number of Topliss-reactive ketones (excluding diaryl/α,β-unsaturated/α-hetero) is 1.